The number of nitro benzene ring substituents is 1. The molecule has 0 spiro atoms. The summed E-state index contributed by atoms with van der Waals surface area (Å²) in [5.74, 6) is -1.21. The average Bonchev–Trinajstić information content (AvgIpc) is 3.27. The average molecular weight is 568 g/mol. The molecule has 0 bridgehead atoms. The molecule has 0 saturated heterocycles. The molecule has 0 saturated carbocycles. The van der Waals surface area contributed by atoms with Crippen molar-refractivity contribution in [3.05, 3.63) is 84.7 Å². The number of hydrogen-bond acceptors (Lipinski definition) is 8. The predicted octanol–water partition coefficient (Wildman–Crippen LogP) is 7.06. The smallest absolute Gasteiger partial charge is 0.341 e. The minimum absolute atomic E-state index is 0.160. The minimum atomic E-state index is -0.709. The Morgan fingerprint density at radius 2 is 1.97 bits per heavy atom. The lowest BCUT2D eigenvalue weighted by Crippen LogP contribution is -2.16. The van der Waals surface area contributed by atoms with E-state index in [4.69, 9.17) is 16.3 Å². The van der Waals surface area contributed by atoms with Crippen LogP contribution in [0.25, 0.3) is 6.08 Å². The Labute approximate surface area is 232 Å². The van der Waals surface area contributed by atoms with Crippen molar-refractivity contribution in [2.75, 3.05) is 11.9 Å². The number of anilines is 1. The van der Waals surface area contributed by atoms with Gasteiger partial charge in [-0.3, -0.25) is 14.9 Å². The zero-order chi connectivity index (χ0) is 27.2. The van der Waals surface area contributed by atoms with Crippen LogP contribution in [0.2, 0.25) is 5.02 Å². The van der Waals surface area contributed by atoms with Crippen LogP contribution in [-0.2, 0) is 22.4 Å². The lowest BCUT2D eigenvalue weighted by Gasteiger charge is -2.12. The van der Waals surface area contributed by atoms with Gasteiger partial charge in [-0.15, -0.1) is 11.3 Å². The van der Waals surface area contributed by atoms with Crippen LogP contribution in [0.1, 0.15) is 46.1 Å². The molecule has 194 valence electrons. The van der Waals surface area contributed by atoms with Crippen molar-refractivity contribution in [1.29, 1.82) is 5.26 Å². The molecular formula is C27H22ClN3O5S2. The van der Waals surface area contributed by atoms with E-state index in [2.05, 4.69) is 5.32 Å². The van der Waals surface area contributed by atoms with Gasteiger partial charge in [0.15, 0.2) is 0 Å². The molecule has 1 aliphatic carbocycles. The van der Waals surface area contributed by atoms with Crippen LogP contribution in [-0.4, -0.2) is 23.4 Å². The molecule has 8 nitrogen and oxygen atoms in total. The van der Waals surface area contributed by atoms with Crippen LogP contribution in [0, 0.1) is 21.4 Å². The van der Waals surface area contributed by atoms with Gasteiger partial charge in [0.2, 0.25) is 0 Å². The second-order valence-corrected chi connectivity index (χ2v) is 11.0. The number of esters is 1. The van der Waals surface area contributed by atoms with Crippen LogP contribution >= 0.6 is 34.7 Å². The number of nitro groups is 1. The molecule has 0 unspecified atom stereocenters. The van der Waals surface area contributed by atoms with Crippen LogP contribution in [0.5, 0.6) is 0 Å². The monoisotopic (exact) mass is 567 g/mol. The number of halogens is 1. The number of ether oxygens (including phenoxy) is 1. The number of rotatable bonds is 8. The number of hydrogen-bond donors (Lipinski definition) is 1. The molecule has 4 rings (SSSR count). The summed E-state index contributed by atoms with van der Waals surface area (Å²) in [7, 11) is 0. The quantitative estimate of drug-likeness (QED) is 0.102. The van der Waals surface area contributed by atoms with Gasteiger partial charge >= 0.3 is 5.97 Å². The third kappa shape index (κ3) is 6.25. The van der Waals surface area contributed by atoms with Crippen molar-refractivity contribution in [2.45, 2.75) is 42.4 Å². The van der Waals surface area contributed by atoms with Crippen molar-refractivity contribution in [3.8, 4) is 6.07 Å². The fourth-order valence-electron chi connectivity index (χ4n) is 4.04. The van der Waals surface area contributed by atoms with E-state index >= 15 is 0 Å². The Hall–Kier alpha value is -3.65. The van der Waals surface area contributed by atoms with Crippen LogP contribution in [0.3, 0.4) is 0 Å². The molecule has 0 aliphatic heterocycles. The zero-order valence-corrected chi connectivity index (χ0v) is 22.7. The number of fused-ring (bicyclic) bond motifs is 1. The van der Waals surface area contributed by atoms with Gasteiger partial charge in [-0.05, 0) is 80.1 Å². The first-order valence-electron chi connectivity index (χ1n) is 11.8. The molecule has 1 aliphatic rings. The number of nitrogens with zero attached hydrogens (tertiary/aromatic N) is 2. The summed E-state index contributed by atoms with van der Waals surface area (Å²) in [6.45, 7) is 1.91. The maximum absolute atomic E-state index is 13.1. The van der Waals surface area contributed by atoms with Gasteiger partial charge in [0.25, 0.3) is 11.6 Å². The Kier molecular flexibility index (Phi) is 8.84. The molecule has 3 aromatic rings. The normalized spacial score (nSPS) is 12.8. The highest BCUT2D eigenvalue weighted by molar-refractivity contribution is 7.99. The Balaban J connectivity index is 1.61. The lowest BCUT2D eigenvalue weighted by atomic mass is 9.95. The largest absolute Gasteiger partial charge is 0.462 e. The Bertz CT molecular complexity index is 1480. The number of carbonyl (C=O) groups is 2. The van der Waals surface area contributed by atoms with E-state index in [-0.39, 0.29) is 17.9 Å². The summed E-state index contributed by atoms with van der Waals surface area (Å²) >= 11 is 8.44. The standard InChI is InChI=1S/C27H22ClN3O5S2/c1-2-36-27(33)24-20-5-3-4-6-22(20)38-26(24)30-25(32)17(15-29)13-16-7-12-23(21(14-16)31(34)35)37-19-10-8-18(28)9-11-19/h7-14H,2-6H2,1H3,(H,30,32)/b17-13-. The minimum Gasteiger partial charge on any atom is -0.462 e. The highest BCUT2D eigenvalue weighted by Gasteiger charge is 2.28. The maximum atomic E-state index is 13.1. The number of nitrogens with one attached hydrogen (secondary N) is 1. The molecule has 1 amide bonds. The summed E-state index contributed by atoms with van der Waals surface area (Å²) < 4.78 is 5.22. The number of amides is 1. The zero-order valence-electron chi connectivity index (χ0n) is 20.3. The first-order valence-corrected chi connectivity index (χ1v) is 13.8. The molecule has 1 heterocycles. The molecule has 1 N–H and O–H groups in total. The third-order valence-electron chi connectivity index (χ3n) is 5.78. The summed E-state index contributed by atoms with van der Waals surface area (Å²) in [4.78, 5) is 39.2. The van der Waals surface area contributed by atoms with Gasteiger partial charge < -0.3 is 10.1 Å². The van der Waals surface area contributed by atoms with Gasteiger partial charge in [-0.2, -0.15) is 5.26 Å². The molecule has 1 aromatic heterocycles. The highest BCUT2D eigenvalue weighted by Crippen LogP contribution is 2.39. The summed E-state index contributed by atoms with van der Waals surface area (Å²) in [6, 6.07) is 13.3. The Morgan fingerprint density at radius 1 is 1.24 bits per heavy atom. The number of nitriles is 1. The third-order valence-corrected chi connectivity index (χ3v) is 8.31. The van der Waals surface area contributed by atoms with E-state index in [1.54, 1.807) is 43.3 Å². The fraction of sp³-hybridized carbons (Fsp3) is 0.222. The molecular weight excluding hydrogens is 546 g/mol. The SMILES string of the molecule is CCOC(=O)c1c(NC(=O)/C(C#N)=C\c2ccc(Sc3ccc(Cl)cc3)c([N+](=O)[O-])c2)sc2c1CCCC2. The van der Waals surface area contributed by atoms with Gasteiger partial charge in [-0.25, -0.2) is 4.79 Å². The van der Waals surface area contributed by atoms with Crippen LogP contribution in [0.15, 0.2) is 57.8 Å². The number of carbonyl (C=O) groups excluding carboxylic acids is 2. The predicted molar refractivity (Wildman–Crippen MR) is 148 cm³/mol. The van der Waals surface area contributed by atoms with Crippen LogP contribution < -0.4 is 5.32 Å². The van der Waals surface area contributed by atoms with E-state index in [0.717, 1.165) is 41.0 Å². The van der Waals surface area contributed by atoms with E-state index < -0.39 is 16.8 Å². The molecule has 0 atom stereocenters. The lowest BCUT2D eigenvalue weighted by molar-refractivity contribution is -0.387. The van der Waals surface area contributed by atoms with Crippen molar-refractivity contribution >= 4 is 63.3 Å². The van der Waals surface area contributed by atoms with Crippen molar-refractivity contribution in [3.63, 3.8) is 0 Å². The number of benzene rings is 2. The van der Waals surface area contributed by atoms with Crippen molar-refractivity contribution in [2.24, 2.45) is 0 Å². The molecule has 0 radical (unpaired) electrons. The van der Waals surface area contributed by atoms with E-state index in [1.807, 2.05) is 6.07 Å². The van der Waals surface area contributed by atoms with Crippen molar-refractivity contribution < 1.29 is 19.2 Å². The second-order valence-electron chi connectivity index (χ2n) is 8.30. The first-order chi connectivity index (χ1) is 18.3. The molecule has 0 fully saturated rings. The van der Waals surface area contributed by atoms with E-state index in [1.165, 1.54) is 35.2 Å². The van der Waals surface area contributed by atoms with Gasteiger partial charge in [-0.1, -0.05) is 29.4 Å². The first kappa shape index (κ1) is 27.4. The van der Waals surface area contributed by atoms with Gasteiger partial charge in [0, 0.05) is 20.9 Å². The fourth-order valence-corrected chi connectivity index (χ4v) is 6.34. The summed E-state index contributed by atoms with van der Waals surface area (Å²) in [5, 5.41) is 25.1. The van der Waals surface area contributed by atoms with Gasteiger partial charge in [0.1, 0.15) is 16.6 Å². The topological polar surface area (TPSA) is 122 Å². The Morgan fingerprint density at radius 3 is 2.66 bits per heavy atom. The summed E-state index contributed by atoms with van der Waals surface area (Å²) in [5.41, 5.74) is 1.14. The van der Waals surface area contributed by atoms with Gasteiger partial charge in [0.05, 0.1) is 22.0 Å². The van der Waals surface area contributed by atoms with Crippen LogP contribution in [0.4, 0.5) is 10.7 Å². The van der Waals surface area contributed by atoms with Crippen molar-refractivity contribution in [1.82, 2.24) is 0 Å². The summed E-state index contributed by atoms with van der Waals surface area (Å²) in [6.07, 6.45) is 4.76. The van der Waals surface area contributed by atoms with E-state index in [9.17, 15) is 25.0 Å². The van der Waals surface area contributed by atoms with E-state index in [0.29, 0.717) is 26.0 Å². The number of thiophene rings is 1. The second kappa shape index (κ2) is 12.3. The molecule has 38 heavy (non-hydrogen) atoms. The highest BCUT2D eigenvalue weighted by atomic mass is 35.5. The molecule has 11 heteroatoms. The number of aryl methyl sites for hydroxylation is 1. The maximum Gasteiger partial charge on any atom is 0.341 e. The molecule has 2 aromatic carbocycles.